The van der Waals surface area contributed by atoms with Gasteiger partial charge >= 0.3 is 10.2 Å². The minimum Gasteiger partial charge on any atom is -0.396 e. The molecule has 0 unspecified atom stereocenters. The molecular formula is C16H33N5O4S. The SMILES string of the molecule is C.C.Cc1nc(CCO)cn1S(=O)(=O)N(C)C.Cc1ncc(CCO)[nH]1. The van der Waals surface area contributed by atoms with Crippen LogP contribution in [0.25, 0.3) is 0 Å². The van der Waals surface area contributed by atoms with Crippen LogP contribution >= 0.6 is 0 Å². The van der Waals surface area contributed by atoms with Crippen LogP contribution in [0.5, 0.6) is 0 Å². The van der Waals surface area contributed by atoms with Crippen molar-refractivity contribution in [2.24, 2.45) is 0 Å². The molecule has 0 spiro atoms. The number of aryl methyl sites for hydroxylation is 2. The topological polar surface area (TPSA) is 124 Å². The molecule has 2 aromatic rings. The molecule has 2 heterocycles. The summed E-state index contributed by atoms with van der Waals surface area (Å²) in [6, 6.07) is 0. The first-order valence-corrected chi connectivity index (χ1v) is 8.82. The van der Waals surface area contributed by atoms with Crippen molar-refractivity contribution in [3.63, 3.8) is 0 Å². The molecule has 0 radical (unpaired) electrons. The van der Waals surface area contributed by atoms with E-state index in [0.29, 0.717) is 24.4 Å². The van der Waals surface area contributed by atoms with E-state index in [1.54, 1.807) is 13.1 Å². The number of aromatic amines is 1. The van der Waals surface area contributed by atoms with Crippen molar-refractivity contribution < 1.29 is 18.6 Å². The second-order valence-corrected chi connectivity index (χ2v) is 7.33. The second kappa shape index (κ2) is 11.8. The van der Waals surface area contributed by atoms with Gasteiger partial charge < -0.3 is 15.2 Å². The number of aliphatic hydroxyl groups excluding tert-OH is 2. The van der Waals surface area contributed by atoms with Gasteiger partial charge in [0.05, 0.1) is 5.69 Å². The highest BCUT2D eigenvalue weighted by Crippen LogP contribution is 2.08. The Kier molecular flexibility index (Phi) is 12.0. The molecule has 26 heavy (non-hydrogen) atoms. The molecule has 3 N–H and O–H groups in total. The van der Waals surface area contributed by atoms with Crippen molar-refractivity contribution in [2.75, 3.05) is 27.3 Å². The van der Waals surface area contributed by atoms with Crippen molar-refractivity contribution in [1.29, 1.82) is 0 Å². The van der Waals surface area contributed by atoms with Gasteiger partial charge in [0.1, 0.15) is 11.6 Å². The molecular weight excluding hydrogens is 358 g/mol. The largest absolute Gasteiger partial charge is 0.396 e. The standard InChI is InChI=1S/C8H15N3O3S.C6H10N2O.2CH4/c1-7-9-8(4-5-12)6-11(7)15(13,14)10(2)3;1-5-7-4-6(8-5)2-3-9;;/h6,12H,4-5H2,1-3H3;4,9H,2-3H2,1H3,(H,7,8);2*1H4. The van der Waals surface area contributed by atoms with Crippen LogP contribution in [0.4, 0.5) is 0 Å². The minimum absolute atomic E-state index is 0. The van der Waals surface area contributed by atoms with Gasteiger partial charge in [0.2, 0.25) is 0 Å². The lowest BCUT2D eigenvalue weighted by Gasteiger charge is -2.12. The third-order valence-electron chi connectivity index (χ3n) is 3.11. The van der Waals surface area contributed by atoms with Gasteiger partial charge in [-0.05, 0) is 13.8 Å². The van der Waals surface area contributed by atoms with Crippen LogP contribution in [0.3, 0.4) is 0 Å². The number of rotatable bonds is 6. The molecule has 9 nitrogen and oxygen atoms in total. The lowest BCUT2D eigenvalue weighted by Crippen LogP contribution is -2.29. The van der Waals surface area contributed by atoms with Crippen LogP contribution < -0.4 is 0 Å². The normalized spacial score (nSPS) is 10.6. The summed E-state index contributed by atoms with van der Waals surface area (Å²) in [5, 5.41) is 17.2. The fourth-order valence-corrected chi connectivity index (χ4v) is 2.86. The monoisotopic (exact) mass is 391 g/mol. The van der Waals surface area contributed by atoms with Gasteiger partial charge in [0, 0.05) is 58.2 Å². The zero-order chi connectivity index (χ0) is 18.3. The van der Waals surface area contributed by atoms with Crippen LogP contribution in [-0.4, -0.2) is 69.2 Å². The van der Waals surface area contributed by atoms with E-state index in [4.69, 9.17) is 10.2 Å². The molecule has 0 atom stereocenters. The lowest BCUT2D eigenvalue weighted by molar-refractivity contribution is 0.298. The van der Waals surface area contributed by atoms with Crippen LogP contribution in [0, 0.1) is 13.8 Å². The zero-order valence-corrected chi connectivity index (χ0v) is 15.2. The minimum atomic E-state index is -3.50. The van der Waals surface area contributed by atoms with Gasteiger partial charge in [-0.25, -0.2) is 13.9 Å². The Balaban J connectivity index is 0. The maximum Gasteiger partial charge on any atom is 0.308 e. The van der Waals surface area contributed by atoms with Gasteiger partial charge in [-0.3, -0.25) is 0 Å². The molecule has 0 saturated heterocycles. The highest BCUT2D eigenvalue weighted by atomic mass is 32.2. The number of nitrogens with zero attached hydrogens (tertiary/aromatic N) is 4. The van der Waals surface area contributed by atoms with Crippen LogP contribution in [0.1, 0.15) is 37.9 Å². The molecule has 2 rings (SSSR count). The molecule has 0 bridgehead atoms. The van der Waals surface area contributed by atoms with Crippen LogP contribution in [0.2, 0.25) is 0 Å². The Labute approximate surface area is 156 Å². The fourth-order valence-electron chi connectivity index (χ4n) is 1.88. The first kappa shape index (κ1) is 26.5. The first-order chi connectivity index (χ1) is 11.2. The van der Waals surface area contributed by atoms with Crippen LogP contribution in [0.15, 0.2) is 12.4 Å². The van der Waals surface area contributed by atoms with E-state index in [1.807, 2.05) is 6.92 Å². The highest BCUT2D eigenvalue weighted by molar-refractivity contribution is 7.87. The summed E-state index contributed by atoms with van der Waals surface area (Å²) >= 11 is 0. The number of aliphatic hydroxyl groups is 2. The second-order valence-electron chi connectivity index (χ2n) is 5.31. The molecule has 152 valence electrons. The van der Waals surface area contributed by atoms with Crippen molar-refractivity contribution in [3.8, 4) is 0 Å². The quantitative estimate of drug-likeness (QED) is 0.672. The van der Waals surface area contributed by atoms with Gasteiger partial charge in [0.15, 0.2) is 0 Å². The number of hydrogen-bond acceptors (Lipinski definition) is 6. The summed E-state index contributed by atoms with van der Waals surface area (Å²) in [5.41, 5.74) is 1.57. The third-order valence-corrected chi connectivity index (χ3v) is 4.89. The number of H-pyrrole nitrogens is 1. The molecule has 0 aliphatic heterocycles. The predicted octanol–water partition coefficient (Wildman–Crippen LogP) is 0.906. The molecule has 0 aromatic carbocycles. The Morgan fingerprint density at radius 1 is 1.15 bits per heavy atom. The van der Waals surface area contributed by atoms with E-state index in [2.05, 4.69) is 15.0 Å². The van der Waals surface area contributed by atoms with Crippen molar-refractivity contribution in [1.82, 2.24) is 23.2 Å². The molecule has 0 amide bonds. The Morgan fingerprint density at radius 2 is 1.73 bits per heavy atom. The highest BCUT2D eigenvalue weighted by Gasteiger charge is 2.19. The molecule has 10 heteroatoms. The van der Waals surface area contributed by atoms with E-state index in [9.17, 15) is 8.42 Å². The zero-order valence-electron chi connectivity index (χ0n) is 14.4. The summed E-state index contributed by atoms with van der Waals surface area (Å²) in [6.45, 7) is 3.64. The smallest absolute Gasteiger partial charge is 0.308 e. The summed E-state index contributed by atoms with van der Waals surface area (Å²) in [7, 11) is -0.582. The number of imidazole rings is 2. The van der Waals surface area contributed by atoms with Gasteiger partial charge in [-0.2, -0.15) is 12.7 Å². The number of hydrogen-bond donors (Lipinski definition) is 3. The Morgan fingerprint density at radius 3 is 2.15 bits per heavy atom. The summed E-state index contributed by atoms with van der Waals surface area (Å²) in [6.07, 6.45) is 4.20. The van der Waals surface area contributed by atoms with Gasteiger partial charge in [0.25, 0.3) is 0 Å². The molecule has 0 fully saturated rings. The van der Waals surface area contributed by atoms with Crippen molar-refractivity contribution in [2.45, 2.75) is 41.5 Å². The maximum absolute atomic E-state index is 11.8. The summed E-state index contributed by atoms with van der Waals surface area (Å²) in [5.74, 6) is 1.30. The number of nitrogens with one attached hydrogen (secondary N) is 1. The number of aromatic nitrogens is 4. The first-order valence-electron chi connectivity index (χ1n) is 7.42. The third kappa shape index (κ3) is 7.24. The van der Waals surface area contributed by atoms with Crippen LogP contribution in [-0.2, 0) is 23.1 Å². The van der Waals surface area contributed by atoms with Gasteiger partial charge in [-0.15, -0.1) is 0 Å². The summed E-state index contributed by atoms with van der Waals surface area (Å²) in [4.78, 5) is 11.0. The molecule has 2 aromatic heterocycles. The Hall–Kier alpha value is -1.75. The van der Waals surface area contributed by atoms with E-state index in [-0.39, 0.29) is 28.1 Å². The molecule has 0 aliphatic carbocycles. The lowest BCUT2D eigenvalue weighted by atomic mass is 10.4. The van der Waals surface area contributed by atoms with E-state index < -0.39 is 10.2 Å². The fraction of sp³-hybridized carbons (Fsp3) is 0.625. The van der Waals surface area contributed by atoms with Crippen molar-refractivity contribution in [3.05, 3.63) is 35.4 Å². The predicted molar refractivity (Wildman–Crippen MR) is 103 cm³/mol. The van der Waals surface area contributed by atoms with E-state index >= 15 is 0 Å². The summed E-state index contributed by atoms with van der Waals surface area (Å²) < 4.78 is 25.7. The molecule has 0 aliphatic rings. The maximum atomic E-state index is 11.8. The average molecular weight is 392 g/mol. The Bertz CT molecular complexity index is 738. The van der Waals surface area contributed by atoms with E-state index in [1.165, 1.54) is 20.3 Å². The van der Waals surface area contributed by atoms with Crippen molar-refractivity contribution >= 4 is 10.2 Å². The average Bonchev–Trinajstić information content (AvgIpc) is 3.06. The molecule has 0 saturated carbocycles. The van der Waals surface area contributed by atoms with Gasteiger partial charge in [-0.1, -0.05) is 14.9 Å². The van der Waals surface area contributed by atoms with E-state index in [0.717, 1.165) is 19.8 Å².